The van der Waals surface area contributed by atoms with E-state index in [9.17, 15) is 14.4 Å². The summed E-state index contributed by atoms with van der Waals surface area (Å²) in [5.41, 5.74) is 1.43. The molecule has 2 atom stereocenters. The van der Waals surface area contributed by atoms with Crippen LogP contribution in [0.25, 0.3) is 10.9 Å². The molecule has 0 unspecified atom stereocenters. The Labute approximate surface area is 229 Å². The van der Waals surface area contributed by atoms with E-state index in [1.54, 1.807) is 39.0 Å². The first kappa shape index (κ1) is 26.5. The molecule has 0 bridgehead atoms. The summed E-state index contributed by atoms with van der Waals surface area (Å²) >= 11 is 7.47. The first-order valence-electron chi connectivity index (χ1n) is 12.5. The van der Waals surface area contributed by atoms with Crippen molar-refractivity contribution < 1.29 is 19.1 Å². The van der Waals surface area contributed by atoms with Crippen LogP contribution in [0.15, 0.2) is 24.3 Å². The van der Waals surface area contributed by atoms with Gasteiger partial charge in [-0.3, -0.25) is 9.59 Å². The first-order valence-corrected chi connectivity index (χ1v) is 13.7. The van der Waals surface area contributed by atoms with Gasteiger partial charge in [-0.25, -0.2) is 9.78 Å². The molecule has 4 heterocycles. The van der Waals surface area contributed by atoms with Crippen LogP contribution in [0, 0.1) is 0 Å². The topological polar surface area (TPSA) is 120 Å². The molecule has 3 aromatic rings. The molecule has 202 valence electrons. The molecular weight excluding hydrogens is 528 g/mol. The summed E-state index contributed by atoms with van der Waals surface area (Å²) in [6.07, 6.45) is 0.307. The lowest BCUT2D eigenvalue weighted by atomic mass is 10.1. The number of rotatable bonds is 4. The number of carbonyl (C=O) groups is 3. The Hall–Kier alpha value is -3.15. The third-order valence-corrected chi connectivity index (χ3v) is 7.86. The van der Waals surface area contributed by atoms with Gasteiger partial charge in [0.15, 0.2) is 5.01 Å². The number of hydrogen-bond acceptors (Lipinski definition) is 7. The van der Waals surface area contributed by atoms with Crippen LogP contribution >= 0.6 is 22.9 Å². The molecule has 1 saturated heterocycles. The Kier molecular flexibility index (Phi) is 7.10. The standard InChI is InChI=1S/C26H31ClN6O4S/c1-26(2,3)37-25(36)33-11-19(29-22(34)18-10-14-9-15(27)5-6-16(14)28-18)20(12-33)30-23(35)24-31-17-7-8-32(4)13-21(17)38-24/h5-6,9-10,19-20,28H,7-8,11-13H2,1-4H3,(H,29,34)(H,30,35)/t19-,20-/m1/s1. The third kappa shape index (κ3) is 5.79. The molecule has 5 rings (SSSR count). The van der Waals surface area contributed by atoms with E-state index < -0.39 is 23.8 Å². The summed E-state index contributed by atoms with van der Waals surface area (Å²) in [6, 6.07) is 6.00. The zero-order valence-electron chi connectivity index (χ0n) is 21.8. The molecular formula is C26H31ClN6O4S. The number of hydrogen-bond donors (Lipinski definition) is 3. The molecule has 10 nitrogen and oxygen atoms in total. The summed E-state index contributed by atoms with van der Waals surface area (Å²) < 4.78 is 5.54. The number of likely N-dealkylation sites (tertiary alicyclic amines) is 1. The van der Waals surface area contributed by atoms with Crippen molar-refractivity contribution in [3.05, 3.63) is 50.6 Å². The van der Waals surface area contributed by atoms with Crippen LogP contribution < -0.4 is 10.6 Å². The zero-order valence-corrected chi connectivity index (χ0v) is 23.3. The minimum Gasteiger partial charge on any atom is -0.444 e. The molecule has 2 aliphatic rings. The van der Waals surface area contributed by atoms with Gasteiger partial charge >= 0.3 is 6.09 Å². The molecule has 2 aromatic heterocycles. The van der Waals surface area contributed by atoms with E-state index in [2.05, 4.69) is 25.5 Å². The molecule has 3 N–H and O–H groups in total. The fourth-order valence-electron chi connectivity index (χ4n) is 4.69. The normalized spacial score (nSPS) is 19.9. The summed E-state index contributed by atoms with van der Waals surface area (Å²) in [4.78, 5) is 51.7. The van der Waals surface area contributed by atoms with Crippen molar-refractivity contribution in [2.24, 2.45) is 0 Å². The van der Waals surface area contributed by atoms with Gasteiger partial charge in [0, 0.05) is 53.4 Å². The SMILES string of the molecule is CN1CCc2nc(C(=O)N[C@@H]3CN(C(=O)OC(C)(C)C)C[C@H]3NC(=O)c3cc4cc(Cl)ccc4[nH]3)sc2C1. The number of halogens is 1. The number of H-pyrrole nitrogens is 1. The van der Waals surface area contributed by atoms with Crippen LogP contribution in [0.4, 0.5) is 4.79 Å². The average Bonchev–Trinajstić information content (AvgIpc) is 3.54. The molecule has 1 fully saturated rings. The van der Waals surface area contributed by atoms with Crippen LogP contribution in [0.2, 0.25) is 5.02 Å². The number of aromatic amines is 1. The highest BCUT2D eigenvalue weighted by atomic mass is 35.5. The van der Waals surface area contributed by atoms with E-state index in [4.69, 9.17) is 16.3 Å². The minimum atomic E-state index is -0.671. The average molecular weight is 559 g/mol. The maximum Gasteiger partial charge on any atom is 0.410 e. The van der Waals surface area contributed by atoms with Gasteiger partial charge in [0.2, 0.25) is 0 Å². The van der Waals surface area contributed by atoms with Crippen LogP contribution in [0.3, 0.4) is 0 Å². The van der Waals surface area contributed by atoms with Gasteiger partial charge < -0.3 is 30.2 Å². The van der Waals surface area contributed by atoms with Crippen molar-refractivity contribution in [2.45, 2.75) is 51.4 Å². The lowest BCUT2D eigenvalue weighted by molar-refractivity contribution is 0.0286. The summed E-state index contributed by atoms with van der Waals surface area (Å²) in [5, 5.41) is 7.77. The zero-order chi connectivity index (χ0) is 27.2. The Morgan fingerprint density at radius 2 is 1.84 bits per heavy atom. The second-order valence-corrected chi connectivity index (χ2v) is 12.4. The third-order valence-electron chi connectivity index (χ3n) is 6.55. The van der Waals surface area contributed by atoms with Gasteiger partial charge in [0.1, 0.15) is 11.3 Å². The van der Waals surface area contributed by atoms with Crippen LogP contribution in [0.5, 0.6) is 0 Å². The molecule has 0 spiro atoms. The van der Waals surface area contributed by atoms with Gasteiger partial charge in [-0.15, -0.1) is 11.3 Å². The number of fused-ring (bicyclic) bond motifs is 2. The maximum absolute atomic E-state index is 13.2. The van der Waals surface area contributed by atoms with Gasteiger partial charge in [0.25, 0.3) is 11.8 Å². The highest BCUT2D eigenvalue weighted by molar-refractivity contribution is 7.13. The van der Waals surface area contributed by atoms with E-state index in [0.29, 0.717) is 15.7 Å². The summed E-state index contributed by atoms with van der Waals surface area (Å²) in [6.45, 7) is 7.44. The smallest absolute Gasteiger partial charge is 0.410 e. The highest BCUT2D eigenvalue weighted by Gasteiger charge is 2.39. The fourth-order valence-corrected chi connectivity index (χ4v) is 5.97. The molecule has 0 aliphatic carbocycles. The number of carbonyl (C=O) groups excluding carboxylic acids is 3. The largest absolute Gasteiger partial charge is 0.444 e. The number of nitrogens with zero attached hydrogens (tertiary/aromatic N) is 3. The van der Waals surface area contributed by atoms with Crippen molar-refractivity contribution >= 4 is 51.7 Å². The Morgan fingerprint density at radius 1 is 1.13 bits per heavy atom. The van der Waals surface area contributed by atoms with Gasteiger partial charge in [0.05, 0.1) is 17.8 Å². The fraction of sp³-hybridized carbons (Fsp3) is 0.462. The monoisotopic (exact) mass is 558 g/mol. The van der Waals surface area contributed by atoms with Gasteiger partial charge in [-0.2, -0.15) is 0 Å². The number of ether oxygens (including phenoxy) is 1. The van der Waals surface area contributed by atoms with E-state index in [0.717, 1.165) is 41.0 Å². The number of thiazole rings is 1. The molecule has 0 radical (unpaired) electrons. The minimum absolute atomic E-state index is 0.191. The van der Waals surface area contributed by atoms with Crippen molar-refractivity contribution in [2.75, 3.05) is 26.7 Å². The Balaban J connectivity index is 1.33. The number of amides is 3. The van der Waals surface area contributed by atoms with E-state index >= 15 is 0 Å². The lowest BCUT2D eigenvalue weighted by Gasteiger charge is -2.24. The summed E-state index contributed by atoms with van der Waals surface area (Å²) in [7, 11) is 2.04. The molecule has 3 amide bonds. The van der Waals surface area contributed by atoms with E-state index in [-0.39, 0.29) is 24.9 Å². The highest BCUT2D eigenvalue weighted by Crippen LogP contribution is 2.25. The molecule has 2 aliphatic heterocycles. The quantitative estimate of drug-likeness (QED) is 0.451. The lowest BCUT2D eigenvalue weighted by Crippen LogP contribution is -2.51. The van der Waals surface area contributed by atoms with Crippen molar-refractivity contribution in [1.82, 2.24) is 30.4 Å². The Bertz CT molecular complexity index is 1400. The van der Waals surface area contributed by atoms with Crippen LogP contribution in [0.1, 0.15) is 51.6 Å². The van der Waals surface area contributed by atoms with Crippen LogP contribution in [-0.4, -0.2) is 82.0 Å². The van der Waals surface area contributed by atoms with E-state index in [1.165, 1.54) is 16.2 Å². The molecule has 1 aromatic carbocycles. The predicted octanol–water partition coefficient (Wildman–Crippen LogP) is 3.41. The second kappa shape index (κ2) is 10.2. The molecule has 38 heavy (non-hydrogen) atoms. The Morgan fingerprint density at radius 3 is 2.55 bits per heavy atom. The summed E-state index contributed by atoms with van der Waals surface area (Å²) in [5.74, 6) is -0.664. The van der Waals surface area contributed by atoms with Crippen molar-refractivity contribution in [3.8, 4) is 0 Å². The first-order chi connectivity index (χ1) is 17.9. The number of aromatic nitrogens is 2. The predicted molar refractivity (Wildman–Crippen MR) is 146 cm³/mol. The van der Waals surface area contributed by atoms with Gasteiger partial charge in [-0.1, -0.05) is 11.6 Å². The van der Waals surface area contributed by atoms with Crippen molar-refractivity contribution in [3.63, 3.8) is 0 Å². The number of benzene rings is 1. The maximum atomic E-state index is 13.2. The van der Waals surface area contributed by atoms with Crippen LogP contribution in [-0.2, 0) is 17.7 Å². The molecule has 0 saturated carbocycles. The molecule has 12 heteroatoms. The number of nitrogens with one attached hydrogen (secondary N) is 3. The number of likely N-dealkylation sites (N-methyl/N-ethyl adjacent to an activating group) is 1. The van der Waals surface area contributed by atoms with E-state index in [1.807, 2.05) is 13.1 Å². The van der Waals surface area contributed by atoms with Gasteiger partial charge in [-0.05, 0) is 52.1 Å². The second-order valence-electron chi connectivity index (χ2n) is 10.8. The van der Waals surface area contributed by atoms with Crippen molar-refractivity contribution in [1.29, 1.82) is 0 Å².